The molecule has 0 saturated heterocycles. The average Bonchev–Trinajstić information content (AvgIpc) is 2.72. The SMILES string of the molecule is O=C(O)CCCCC(OO)N1C(=O)c2ccccc2C1=O. The zero-order valence-electron chi connectivity index (χ0n) is 11.2. The predicted octanol–water partition coefficient (Wildman–Crippen LogP) is 1.74. The lowest BCUT2D eigenvalue weighted by Crippen LogP contribution is -2.41. The van der Waals surface area contributed by atoms with Crippen molar-refractivity contribution in [2.75, 3.05) is 0 Å². The summed E-state index contributed by atoms with van der Waals surface area (Å²) >= 11 is 0. The first kappa shape index (κ1) is 15.1. The van der Waals surface area contributed by atoms with Gasteiger partial charge in [0.05, 0.1) is 11.1 Å². The number of rotatable bonds is 7. The number of hydrogen-bond donors (Lipinski definition) is 2. The van der Waals surface area contributed by atoms with E-state index in [1.165, 1.54) is 12.1 Å². The number of nitrogens with zero attached hydrogens (tertiary/aromatic N) is 1. The average molecular weight is 293 g/mol. The maximum Gasteiger partial charge on any atom is 0.303 e. The number of unbranched alkanes of at least 4 members (excludes halogenated alkanes) is 1. The van der Waals surface area contributed by atoms with Crippen LogP contribution < -0.4 is 0 Å². The summed E-state index contributed by atoms with van der Waals surface area (Å²) in [5, 5.41) is 17.5. The molecule has 2 N–H and O–H groups in total. The van der Waals surface area contributed by atoms with E-state index in [4.69, 9.17) is 10.4 Å². The van der Waals surface area contributed by atoms with Crippen molar-refractivity contribution in [3.8, 4) is 0 Å². The van der Waals surface area contributed by atoms with E-state index in [0.717, 1.165) is 4.90 Å². The molecule has 21 heavy (non-hydrogen) atoms. The van der Waals surface area contributed by atoms with Gasteiger partial charge in [0, 0.05) is 6.42 Å². The Hall–Kier alpha value is -2.25. The molecule has 0 aromatic heterocycles. The molecule has 0 fully saturated rings. The molecule has 0 radical (unpaired) electrons. The first-order chi connectivity index (χ1) is 10.1. The molecule has 0 spiro atoms. The Balaban J connectivity index is 2.05. The summed E-state index contributed by atoms with van der Waals surface area (Å²) in [6.45, 7) is 0. The van der Waals surface area contributed by atoms with E-state index in [0.29, 0.717) is 12.8 Å². The van der Waals surface area contributed by atoms with Gasteiger partial charge in [0.1, 0.15) is 0 Å². The minimum Gasteiger partial charge on any atom is -0.481 e. The maximum absolute atomic E-state index is 12.2. The van der Waals surface area contributed by atoms with Crippen LogP contribution in [0.5, 0.6) is 0 Å². The van der Waals surface area contributed by atoms with Crippen molar-refractivity contribution in [3.63, 3.8) is 0 Å². The summed E-state index contributed by atoms with van der Waals surface area (Å²) in [5.41, 5.74) is 0.546. The molecule has 0 saturated carbocycles. The van der Waals surface area contributed by atoms with E-state index in [1.807, 2.05) is 0 Å². The van der Waals surface area contributed by atoms with Crippen molar-refractivity contribution in [2.24, 2.45) is 0 Å². The quantitative estimate of drug-likeness (QED) is 0.343. The summed E-state index contributed by atoms with van der Waals surface area (Å²) < 4.78 is 0. The number of carboxylic acids is 1. The van der Waals surface area contributed by atoms with Gasteiger partial charge >= 0.3 is 5.97 Å². The van der Waals surface area contributed by atoms with Crippen LogP contribution in [0.4, 0.5) is 0 Å². The van der Waals surface area contributed by atoms with Crippen molar-refractivity contribution in [1.82, 2.24) is 4.90 Å². The van der Waals surface area contributed by atoms with E-state index in [9.17, 15) is 14.4 Å². The molecule has 7 heteroatoms. The van der Waals surface area contributed by atoms with Crippen molar-refractivity contribution >= 4 is 17.8 Å². The van der Waals surface area contributed by atoms with Crippen molar-refractivity contribution < 1.29 is 29.6 Å². The number of amides is 2. The van der Waals surface area contributed by atoms with Crippen molar-refractivity contribution in [1.29, 1.82) is 0 Å². The minimum atomic E-state index is -1.11. The Labute approximate surface area is 120 Å². The highest BCUT2D eigenvalue weighted by atomic mass is 17.1. The van der Waals surface area contributed by atoms with Crippen LogP contribution in [-0.2, 0) is 9.68 Å². The van der Waals surface area contributed by atoms with Crippen LogP contribution in [0.3, 0.4) is 0 Å². The molecule has 1 aliphatic rings. The molecule has 1 heterocycles. The van der Waals surface area contributed by atoms with Gasteiger partial charge in [-0.3, -0.25) is 14.4 Å². The Morgan fingerprint density at radius 2 is 1.71 bits per heavy atom. The van der Waals surface area contributed by atoms with Crippen LogP contribution in [0.1, 0.15) is 46.4 Å². The van der Waals surface area contributed by atoms with E-state index < -0.39 is 24.0 Å². The molecule has 1 aromatic carbocycles. The van der Waals surface area contributed by atoms with Gasteiger partial charge in [-0.15, -0.1) is 0 Å². The van der Waals surface area contributed by atoms with Gasteiger partial charge in [0.15, 0.2) is 6.23 Å². The number of carboxylic acid groups (broad SMARTS) is 1. The number of benzene rings is 1. The molecule has 2 rings (SSSR count). The smallest absolute Gasteiger partial charge is 0.303 e. The van der Waals surface area contributed by atoms with Gasteiger partial charge in [-0.2, -0.15) is 0 Å². The van der Waals surface area contributed by atoms with Crippen LogP contribution in [-0.4, -0.2) is 39.3 Å². The van der Waals surface area contributed by atoms with E-state index in [-0.39, 0.29) is 24.0 Å². The van der Waals surface area contributed by atoms with Crippen molar-refractivity contribution in [3.05, 3.63) is 35.4 Å². The highest BCUT2D eigenvalue weighted by Gasteiger charge is 2.40. The second-order valence-corrected chi connectivity index (χ2v) is 4.73. The number of fused-ring (bicyclic) bond motifs is 1. The largest absolute Gasteiger partial charge is 0.481 e. The monoisotopic (exact) mass is 293 g/mol. The Kier molecular flexibility index (Phi) is 4.66. The molecule has 1 aromatic rings. The second-order valence-electron chi connectivity index (χ2n) is 4.73. The fourth-order valence-corrected chi connectivity index (χ4v) is 2.29. The lowest BCUT2D eigenvalue weighted by molar-refractivity contribution is -0.301. The van der Waals surface area contributed by atoms with Gasteiger partial charge in [-0.05, 0) is 31.4 Å². The summed E-state index contributed by atoms with van der Waals surface area (Å²) in [4.78, 5) is 39.9. The first-order valence-corrected chi connectivity index (χ1v) is 6.55. The van der Waals surface area contributed by atoms with Gasteiger partial charge in [0.25, 0.3) is 11.8 Å². The van der Waals surface area contributed by atoms with Gasteiger partial charge in [-0.1, -0.05) is 12.1 Å². The summed E-state index contributed by atoms with van der Waals surface area (Å²) in [6, 6.07) is 6.37. The molecule has 1 unspecified atom stereocenters. The molecular formula is C14H15NO6. The number of aliphatic carboxylic acids is 1. The lowest BCUT2D eigenvalue weighted by Gasteiger charge is -2.22. The van der Waals surface area contributed by atoms with Crippen LogP contribution in [0.25, 0.3) is 0 Å². The number of imide groups is 1. The predicted molar refractivity (Wildman–Crippen MR) is 70.5 cm³/mol. The minimum absolute atomic E-state index is 0.0136. The fraction of sp³-hybridized carbons (Fsp3) is 0.357. The van der Waals surface area contributed by atoms with Gasteiger partial charge in [-0.25, -0.2) is 15.0 Å². The molecule has 0 aliphatic carbocycles. The first-order valence-electron chi connectivity index (χ1n) is 6.55. The van der Waals surface area contributed by atoms with Crippen LogP contribution in [0.15, 0.2) is 24.3 Å². The van der Waals surface area contributed by atoms with Crippen LogP contribution >= 0.6 is 0 Å². The van der Waals surface area contributed by atoms with Crippen LogP contribution in [0, 0.1) is 0 Å². The Bertz CT molecular complexity index is 535. The van der Waals surface area contributed by atoms with Crippen molar-refractivity contribution in [2.45, 2.75) is 31.9 Å². The van der Waals surface area contributed by atoms with Gasteiger partial charge < -0.3 is 5.11 Å². The number of carbonyl (C=O) groups excluding carboxylic acids is 2. The fourth-order valence-electron chi connectivity index (χ4n) is 2.29. The van der Waals surface area contributed by atoms with E-state index in [1.54, 1.807) is 12.1 Å². The lowest BCUT2D eigenvalue weighted by atomic mass is 10.1. The molecule has 1 aliphatic heterocycles. The Morgan fingerprint density at radius 3 is 2.19 bits per heavy atom. The van der Waals surface area contributed by atoms with E-state index in [2.05, 4.69) is 4.89 Å². The zero-order valence-corrected chi connectivity index (χ0v) is 11.2. The standard InChI is InChI=1S/C14H15NO6/c16-12(17)8-4-3-7-11(21-20)15-13(18)9-5-1-2-6-10(9)14(15)19/h1-2,5-6,11,20H,3-4,7-8H2,(H,16,17). The number of hydrogen-bond acceptors (Lipinski definition) is 5. The zero-order chi connectivity index (χ0) is 15.4. The third-order valence-electron chi connectivity index (χ3n) is 3.33. The maximum atomic E-state index is 12.2. The molecule has 1 atom stereocenters. The summed E-state index contributed by atoms with van der Waals surface area (Å²) in [6.07, 6.45) is -0.162. The Morgan fingerprint density at radius 1 is 1.14 bits per heavy atom. The molecule has 2 amide bonds. The highest BCUT2D eigenvalue weighted by Crippen LogP contribution is 2.26. The molecule has 7 nitrogen and oxygen atoms in total. The summed E-state index contributed by atoms with van der Waals surface area (Å²) in [5.74, 6) is -1.96. The second kappa shape index (κ2) is 6.47. The van der Waals surface area contributed by atoms with Gasteiger partial charge in [0.2, 0.25) is 0 Å². The topological polar surface area (TPSA) is 104 Å². The normalized spacial score (nSPS) is 15.2. The molecule has 0 bridgehead atoms. The molecule has 112 valence electrons. The summed E-state index contributed by atoms with van der Waals surface area (Å²) in [7, 11) is 0. The molecular weight excluding hydrogens is 278 g/mol. The van der Waals surface area contributed by atoms with E-state index >= 15 is 0 Å². The van der Waals surface area contributed by atoms with Crippen LogP contribution in [0.2, 0.25) is 0 Å². The third kappa shape index (κ3) is 3.09. The number of carbonyl (C=O) groups is 3. The third-order valence-corrected chi connectivity index (χ3v) is 3.33. The highest BCUT2D eigenvalue weighted by molar-refractivity contribution is 6.21.